The summed E-state index contributed by atoms with van der Waals surface area (Å²) in [5, 5.41) is 4.51. The number of anilines is 1. The standard InChI is InChI=1S/C12H13Cl2N3OS/c1-7-6-16-12(19-7)17(11(18)15-2)8-3-4-9(13)10(14)5-8/h3-5,7H,6H2,1-2H3,(H,15,18)/t7-/m0/s1. The van der Waals surface area contributed by atoms with Crippen molar-refractivity contribution in [2.24, 2.45) is 4.99 Å². The minimum Gasteiger partial charge on any atom is -0.340 e. The highest BCUT2D eigenvalue weighted by Crippen LogP contribution is 2.31. The maximum absolute atomic E-state index is 12.0. The third-order valence-corrected chi connectivity index (χ3v) is 4.37. The van der Waals surface area contributed by atoms with E-state index in [1.807, 2.05) is 0 Å². The van der Waals surface area contributed by atoms with Crippen molar-refractivity contribution in [2.45, 2.75) is 12.2 Å². The molecule has 19 heavy (non-hydrogen) atoms. The second-order valence-electron chi connectivity index (χ2n) is 4.04. The molecule has 7 heteroatoms. The van der Waals surface area contributed by atoms with Gasteiger partial charge in [-0.3, -0.25) is 4.99 Å². The molecule has 1 aromatic carbocycles. The van der Waals surface area contributed by atoms with Crippen LogP contribution in [0.3, 0.4) is 0 Å². The number of nitrogens with zero attached hydrogens (tertiary/aromatic N) is 2. The Bertz CT molecular complexity index is 536. The highest BCUT2D eigenvalue weighted by atomic mass is 35.5. The molecule has 0 radical (unpaired) electrons. The molecule has 1 heterocycles. The zero-order valence-corrected chi connectivity index (χ0v) is 12.8. The van der Waals surface area contributed by atoms with Gasteiger partial charge in [-0.25, -0.2) is 9.69 Å². The molecule has 1 N–H and O–H groups in total. The first-order chi connectivity index (χ1) is 9.02. The summed E-state index contributed by atoms with van der Waals surface area (Å²) >= 11 is 13.5. The predicted octanol–water partition coefficient (Wildman–Crippen LogP) is 3.63. The van der Waals surface area contributed by atoms with Crippen molar-refractivity contribution >= 4 is 51.8 Å². The minimum absolute atomic E-state index is 0.251. The van der Waals surface area contributed by atoms with Crippen molar-refractivity contribution in [2.75, 3.05) is 18.5 Å². The zero-order chi connectivity index (χ0) is 14.0. The number of aliphatic imine (C=N–C) groups is 1. The number of carbonyl (C=O) groups is 1. The summed E-state index contributed by atoms with van der Waals surface area (Å²) in [6.45, 7) is 2.77. The number of nitrogens with one attached hydrogen (secondary N) is 1. The maximum atomic E-state index is 12.0. The zero-order valence-electron chi connectivity index (χ0n) is 10.5. The van der Waals surface area contributed by atoms with Gasteiger partial charge in [-0.1, -0.05) is 41.9 Å². The molecule has 1 aliphatic rings. The molecule has 0 aromatic heterocycles. The monoisotopic (exact) mass is 317 g/mol. The van der Waals surface area contributed by atoms with E-state index in [1.54, 1.807) is 37.0 Å². The van der Waals surface area contributed by atoms with Crippen LogP contribution in [-0.2, 0) is 0 Å². The van der Waals surface area contributed by atoms with Gasteiger partial charge in [0.15, 0.2) is 5.17 Å². The van der Waals surface area contributed by atoms with E-state index in [2.05, 4.69) is 17.2 Å². The molecule has 4 nitrogen and oxygen atoms in total. The number of benzene rings is 1. The molecule has 2 amide bonds. The smallest absolute Gasteiger partial charge is 0.327 e. The van der Waals surface area contributed by atoms with Gasteiger partial charge in [-0.15, -0.1) is 0 Å². The molecule has 2 rings (SSSR count). The molecule has 0 bridgehead atoms. The Morgan fingerprint density at radius 2 is 2.21 bits per heavy atom. The predicted molar refractivity (Wildman–Crippen MR) is 82.8 cm³/mol. The quantitative estimate of drug-likeness (QED) is 0.859. The topological polar surface area (TPSA) is 44.7 Å². The van der Waals surface area contributed by atoms with Crippen LogP contribution in [0, 0.1) is 0 Å². The molecule has 0 unspecified atom stereocenters. The molecular weight excluding hydrogens is 305 g/mol. The molecule has 1 atom stereocenters. The number of urea groups is 1. The van der Waals surface area contributed by atoms with E-state index in [0.29, 0.717) is 32.7 Å². The number of thioether (sulfide) groups is 1. The number of amidine groups is 1. The first-order valence-electron chi connectivity index (χ1n) is 5.71. The Morgan fingerprint density at radius 3 is 2.74 bits per heavy atom. The molecule has 0 spiro atoms. The fourth-order valence-corrected chi connectivity index (χ4v) is 2.88. The Morgan fingerprint density at radius 1 is 1.47 bits per heavy atom. The Balaban J connectivity index is 2.37. The third-order valence-electron chi connectivity index (χ3n) is 2.56. The molecule has 1 aromatic rings. The molecule has 0 aliphatic carbocycles. The lowest BCUT2D eigenvalue weighted by Gasteiger charge is -2.22. The van der Waals surface area contributed by atoms with Crippen LogP contribution in [0.25, 0.3) is 0 Å². The van der Waals surface area contributed by atoms with Crippen LogP contribution >= 0.6 is 35.0 Å². The lowest BCUT2D eigenvalue weighted by atomic mass is 10.3. The highest BCUT2D eigenvalue weighted by Gasteiger charge is 2.27. The fraction of sp³-hybridized carbons (Fsp3) is 0.333. The van der Waals surface area contributed by atoms with E-state index in [4.69, 9.17) is 23.2 Å². The highest BCUT2D eigenvalue weighted by molar-refractivity contribution is 8.15. The summed E-state index contributed by atoms with van der Waals surface area (Å²) in [7, 11) is 1.58. The van der Waals surface area contributed by atoms with Crippen LogP contribution in [0.2, 0.25) is 10.0 Å². The van der Waals surface area contributed by atoms with Gasteiger partial charge < -0.3 is 5.32 Å². The summed E-state index contributed by atoms with van der Waals surface area (Å²) in [5.41, 5.74) is 0.647. The number of amides is 2. The van der Waals surface area contributed by atoms with Gasteiger partial charge >= 0.3 is 6.03 Å². The second kappa shape index (κ2) is 6.03. The molecule has 0 fully saturated rings. The average molecular weight is 318 g/mol. The number of halogens is 2. The van der Waals surface area contributed by atoms with Crippen molar-refractivity contribution in [3.8, 4) is 0 Å². The minimum atomic E-state index is -0.251. The maximum Gasteiger partial charge on any atom is 0.327 e. The number of carbonyl (C=O) groups excluding carboxylic acids is 1. The third kappa shape index (κ3) is 3.16. The number of hydrogen-bond acceptors (Lipinski definition) is 3. The normalized spacial score (nSPS) is 18.1. The van der Waals surface area contributed by atoms with Crippen molar-refractivity contribution in [3.63, 3.8) is 0 Å². The fourth-order valence-electron chi connectivity index (χ4n) is 1.64. The molecule has 102 valence electrons. The Hall–Kier alpha value is -0.910. The molecular formula is C12H13Cl2N3OS. The second-order valence-corrected chi connectivity index (χ2v) is 6.26. The van der Waals surface area contributed by atoms with Crippen LogP contribution in [0.4, 0.5) is 10.5 Å². The SMILES string of the molecule is CNC(=O)N(C1=NC[C@H](C)S1)c1ccc(Cl)c(Cl)c1. The van der Waals surface area contributed by atoms with Crippen molar-refractivity contribution < 1.29 is 4.79 Å². The lowest BCUT2D eigenvalue weighted by Crippen LogP contribution is -2.41. The number of hydrogen-bond donors (Lipinski definition) is 1. The van der Waals surface area contributed by atoms with Gasteiger partial charge in [-0.2, -0.15) is 0 Å². The average Bonchev–Trinajstić information content (AvgIpc) is 2.80. The lowest BCUT2D eigenvalue weighted by molar-refractivity contribution is 0.251. The Labute approximate surface area is 126 Å². The first kappa shape index (κ1) is 14.5. The molecule has 0 saturated carbocycles. The van der Waals surface area contributed by atoms with Crippen LogP contribution in [0.5, 0.6) is 0 Å². The van der Waals surface area contributed by atoms with Crippen LogP contribution in [0.1, 0.15) is 6.92 Å². The Kier molecular flexibility index (Phi) is 4.60. The summed E-state index contributed by atoms with van der Waals surface area (Å²) in [6.07, 6.45) is 0. The van der Waals surface area contributed by atoms with Crippen LogP contribution in [-0.4, -0.2) is 30.0 Å². The summed E-state index contributed by atoms with van der Waals surface area (Å²) < 4.78 is 0. The number of rotatable bonds is 1. The van der Waals surface area contributed by atoms with E-state index in [0.717, 1.165) is 0 Å². The summed E-state index contributed by atoms with van der Waals surface area (Å²) in [4.78, 5) is 17.9. The van der Waals surface area contributed by atoms with Gasteiger partial charge in [-0.05, 0) is 18.2 Å². The van der Waals surface area contributed by atoms with E-state index in [-0.39, 0.29) is 6.03 Å². The van der Waals surface area contributed by atoms with E-state index >= 15 is 0 Å². The van der Waals surface area contributed by atoms with Crippen molar-refractivity contribution in [1.82, 2.24) is 5.32 Å². The van der Waals surface area contributed by atoms with Crippen molar-refractivity contribution in [1.29, 1.82) is 0 Å². The van der Waals surface area contributed by atoms with Crippen LogP contribution in [0.15, 0.2) is 23.2 Å². The van der Waals surface area contributed by atoms with Crippen molar-refractivity contribution in [3.05, 3.63) is 28.2 Å². The van der Waals surface area contributed by atoms with Crippen LogP contribution < -0.4 is 10.2 Å². The summed E-state index contributed by atoms with van der Waals surface area (Å²) in [6, 6.07) is 4.82. The van der Waals surface area contributed by atoms with Gasteiger partial charge in [0.25, 0.3) is 0 Å². The largest absolute Gasteiger partial charge is 0.340 e. The van der Waals surface area contributed by atoms with E-state index in [9.17, 15) is 4.79 Å². The van der Waals surface area contributed by atoms with Gasteiger partial charge in [0.05, 0.1) is 22.3 Å². The van der Waals surface area contributed by atoms with Gasteiger partial charge in [0.2, 0.25) is 0 Å². The van der Waals surface area contributed by atoms with E-state index < -0.39 is 0 Å². The molecule has 1 aliphatic heterocycles. The molecule has 0 saturated heterocycles. The van der Waals surface area contributed by atoms with E-state index in [1.165, 1.54) is 4.90 Å². The summed E-state index contributed by atoms with van der Waals surface area (Å²) in [5.74, 6) is 0. The van der Waals surface area contributed by atoms with Gasteiger partial charge in [0, 0.05) is 12.3 Å². The van der Waals surface area contributed by atoms with Gasteiger partial charge in [0.1, 0.15) is 0 Å². The first-order valence-corrected chi connectivity index (χ1v) is 7.34.